The van der Waals surface area contributed by atoms with Crippen LogP contribution in [0.1, 0.15) is 27.7 Å². The normalized spacial score (nSPS) is 10.3. The van der Waals surface area contributed by atoms with Gasteiger partial charge in [-0.2, -0.15) is 0 Å². The Balaban J connectivity index is 2.76. The van der Waals surface area contributed by atoms with Gasteiger partial charge in [0.05, 0.1) is 36.2 Å². The zero-order valence-corrected chi connectivity index (χ0v) is 23.3. The van der Waals surface area contributed by atoms with Crippen molar-refractivity contribution in [1.29, 1.82) is 0 Å². The molecule has 11 heteroatoms. The maximum absolute atomic E-state index is 11.9. The summed E-state index contributed by atoms with van der Waals surface area (Å²) < 4.78 is 33.7. The molecule has 0 saturated carbocycles. The molecule has 0 fully saturated rings. The summed E-state index contributed by atoms with van der Waals surface area (Å²) in [7, 11) is 0. The van der Waals surface area contributed by atoms with E-state index in [0.29, 0.717) is 9.79 Å². The van der Waals surface area contributed by atoms with Crippen LogP contribution in [-0.4, -0.2) is 38.4 Å². The first-order chi connectivity index (χ1) is 17.8. The number of benzene rings is 2. The lowest BCUT2D eigenvalue weighted by molar-refractivity contribution is -0.130. The molecule has 200 valence electrons. The summed E-state index contributed by atoms with van der Waals surface area (Å²) in [5.41, 5.74) is 0. The standard InChI is InChI=1S/C26H28Cl2O8S/c1-7-19(29)35-23-15(31-9-3)13-17(25(21(23)27)33-11-5)37-18-14-16(32-10-4)24(36-20(30)8-2)22(28)26(18)34-12-6/h7-8,13-14H,1-2,9-12H2,3-6H3. The molecule has 2 rings (SSSR count). The van der Waals surface area contributed by atoms with Gasteiger partial charge in [0.1, 0.15) is 10.0 Å². The van der Waals surface area contributed by atoms with Crippen LogP contribution in [0.15, 0.2) is 47.2 Å². The molecule has 0 unspecified atom stereocenters. The zero-order chi connectivity index (χ0) is 27.5. The summed E-state index contributed by atoms with van der Waals surface area (Å²) in [5, 5.41) is 0.0762. The highest BCUT2D eigenvalue weighted by Crippen LogP contribution is 2.54. The number of carbonyl (C=O) groups excluding carboxylic acids is 2. The van der Waals surface area contributed by atoms with Crippen LogP contribution in [0, 0.1) is 0 Å². The number of rotatable bonds is 14. The van der Waals surface area contributed by atoms with Crippen LogP contribution >= 0.6 is 35.0 Å². The van der Waals surface area contributed by atoms with Gasteiger partial charge in [0.2, 0.25) is 0 Å². The molecule has 0 bridgehead atoms. The highest BCUT2D eigenvalue weighted by molar-refractivity contribution is 7.99. The summed E-state index contributed by atoms with van der Waals surface area (Å²) in [5.74, 6) is -0.453. The third-order valence-corrected chi connectivity index (χ3v) is 6.09. The second kappa shape index (κ2) is 14.7. The van der Waals surface area contributed by atoms with Crippen LogP contribution in [0.3, 0.4) is 0 Å². The van der Waals surface area contributed by atoms with Crippen molar-refractivity contribution in [2.24, 2.45) is 0 Å². The second-order valence-corrected chi connectivity index (χ2v) is 8.61. The van der Waals surface area contributed by atoms with Crippen molar-refractivity contribution < 1.29 is 38.0 Å². The fraction of sp³-hybridized carbons (Fsp3) is 0.308. The first-order valence-electron chi connectivity index (χ1n) is 11.4. The molecule has 0 N–H and O–H groups in total. The molecule has 0 spiro atoms. The van der Waals surface area contributed by atoms with Gasteiger partial charge in [-0.1, -0.05) is 48.1 Å². The molecule has 0 aliphatic heterocycles. The molecule has 0 aromatic heterocycles. The average molecular weight is 571 g/mol. The van der Waals surface area contributed by atoms with E-state index in [1.54, 1.807) is 39.8 Å². The van der Waals surface area contributed by atoms with Gasteiger partial charge in [-0.15, -0.1) is 0 Å². The monoisotopic (exact) mass is 570 g/mol. The summed E-state index contributed by atoms with van der Waals surface area (Å²) >= 11 is 14.5. The first-order valence-corrected chi connectivity index (χ1v) is 12.9. The molecule has 37 heavy (non-hydrogen) atoms. The minimum Gasteiger partial charge on any atom is -0.491 e. The van der Waals surface area contributed by atoms with E-state index in [1.807, 2.05) is 0 Å². The second-order valence-electron chi connectivity index (χ2n) is 6.77. The van der Waals surface area contributed by atoms with Crippen LogP contribution in [-0.2, 0) is 9.59 Å². The van der Waals surface area contributed by atoms with E-state index in [0.717, 1.165) is 12.2 Å². The quantitative estimate of drug-likeness (QED) is 0.136. The Hall–Kier alpha value is -3.01. The van der Waals surface area contributed by atoms with Gasteiger partial charge in [-0.05, 0) is 27.7 Å². The average Bonchev–Trinajstić information content (AvgIpc) is 2.88. The zero-order valence-electron chi connectivity index (χ0n) is 21.0. The Morgan fingerprint density at radius 1 is 0.703 bits per heavy atom. The Kier molecular flexibility index (Phi) is 12.0. The van der Waals surface area contributed by atoms with Gasteiger partial charge in [0.15, 0.2) is 34.5 Å². The van der Waals surface area contributed by atoms with Crippen molar-refractivity contribution in [3.05, 3.63) is 47.5 Å². The SMILES string of the molecule is C=CC(=O)Oc1c(OCC)cc(Sc2cc(OCC)c(OC(=O)C=C)c(Cl)c2OCC)c(OCC)c1Cl. The maximum atomic E-state index is 11.9. The molecule has 0 aliphatic carbocycles. The Morgan fingerprint density at radius 3 is 1.35 bits per heavy atom. The third kappa shape index (κ3) is 7.50. The molecule has 0 amide bonds. The molecule has 0 atom stereocenters. The van der Waals surface area contributed by atoms with E-state index < -0.39 is 11.9 Å². The number of esters is 2. The fourth-order valence-corrected chi connectivity index (χ4v) is 4.73. The maximum Gasteiger partial charge on any atom is 0.335 e. The predicted molar refractivity (Wildman–Crippen MR) is 143 cm³/mol. The van der Waals surface area contributed by atoms with Crippen molar-refractivity contribution in [1.82, 2.24) is 0 Å². The lowest BCUT2D eigenvalue weighted by atomic mass is 10.3. The minimum absolute atomic E-state index is 0.00553. The van der Waals surface area contributed by atoms with Gasteiger partial charge in [0.25, 0.3) is 0 Å². The van der Waals surface area contributed by atoms with Crippen molar-refractivity contribution in [2.45, 2.75) is 37.5 Å². The Morgan fingerprint density at radius 2 is 1.05 bits per heavy atom. The summed E-state index contributed by atoms with van der Waals surface area (Å²) in [6, 6.07) is 3.26. The summed E-state index contributed by atoms with van der Waals surface area (Å²) in [4.78, 5) is 24.9. The van der Waals surface area contributed by atoms with Gasteiger partial charge in [0, 0.05) is 24.3 Å². The van der Waals surface area contributed by atoms with Crippen LogP contribution in [0.25, 0.3) is 0 Å². The highest BCUT2D eigenvalue weighted by Gasteiger charge is 2.27. The molecule has 8 nitrogen and oxygen atoms in total. The van der Waals surface area contributed by atoms with Crippen molar-refractivity contribution in [3.63, 3.8) is 0 Å². The van der Waals surface area contributed by atoms with Gasteiger partial charge >= 0.3 is 11.9 Å². The molecular formula is C26H28Cl2O8S. The highest BCUT2D eigenvalue weighted by atomic mass is 35.5. The lowest BCUT2D eigenvalue weighted by Crippen LogP contribution is -2.08. The van der Waals surface area contributed by atoms with Crippen LogP contribution in [0.2, 0.25) is 10.0 Å². The van der Waals surface area contributed by atoms with Gasteiger partial charge < -0.3 is 28.4 Å². The topological polar surface area (TPSA) is 89.5 Å². The smallest absolute Gasteiger partial charge is 0.335 e. The first kappa shape index (κ1) is 30.2. The molecule has 2 aromatic carbocycles. The minimum atomic E-state index is -0.706. The van der Waals surface area contributed by atoms with Crippen LogP contribution in [0.5, 0.6) is 34.5 Å². The van der Waals surface area contributed by atoms with E-state index in [2.05, 4.69) is 13.2 Å². The number of hydrogen-bond acceptors (Lipinski definition) is 9. The van der Waals surface area contributed by atoms with Gasteiger partial charge in [-0.25, -0.2) is 9.59 Å². The fourth-order valence-electron chi connectivity index (χ4n) is 2.97. The lowest BCUT2D eigenvalue weighted by Gasteiger charge is -2.20. The molecule has 2 aromatic rings. The van der Waals surface area contributed by atoms with E-state index >= 15 is 0 Å². The Bertz CT molecular complexity index is 1080. The number of carbonyl (C=O) groups is 2. The van der Waals surface area contributed by atoms with Gasteiger partial charge in [-0.3, -0.25) is 0 Å². The number of ether oxygens (including phenoxy) is 6. The van der Waals surface area contributed by atoms with E-state index in [-0.39, 0.29) is 71.0 Å². The van der Waals surface area contributed by atoms with E-state index in [4.69, 9.17) is 51.6 Å². The van der Waals surface area contributed by atoms with E-state index in [1.165, 1.54) is 11.8 Å². The van der Waals surface area contributed by atoms with Crippen LogP contribution in [0.4, 0.5) is 0 Å². The van der Waals surface area contributed by atoms with E-state index in [9.17, 15) is 9.59 Å². The molecule has 0 saturated heterocycles. The van der Waals surface area contributed by atoms with Crippen molar-refractivity contribution >= 4 is 46.9 Å². The molecule has 0 aliphatic rings. The Labute approximate surface area is 230 Å². The van der Waals surface area contributed by atoms with Crippen molar-refractivity contribution in [2.75, 3.05) is 26.4 Å². The number of halogens is 2. The number of hydrogen-bond donors (Lipinski definition) is 0. The predicted octanol–water partition coefficient (Wildman–Crippen LogP) is 6.92. The summed E-state index contributed by atoms with van der Waals surface area (Å²) in [6.07, 6.45) is 2.03. The molecule has 0 heterocycles. The molecule has 0 radical (unpaired) electrons. The van der Waals surface area contributed by atoms with Crippen molar-refractivity contribution in [3.8, 4) is 34.5 Å². The largest absolute Gasteiger partial charge is 0.491 e. The summed E-state index contributed by atoms with van der Waals surface area (Å²) in [6.45, 7) is 15.1. The van der Waals surface area contributed by atoms with Crippen LogP contribution < -0.4 is 28.4 Å². The third-order valence-electron chi connectivity index (χ3n) is 4.35. The molecular weight excluding hydrogens is 543 g/mol.